The number of rotatable bonds is 4. The van der Waals surface area contributed by atoms with Gasteiger partial charge in [-0.05, 0) is 54.8 Å². The Balaban J connectivity index is 1.39. The fraction of sp³-hybridized carbons (Fsp3) is 0.238. The summed E-state index contributed by atoms with van der Waals surface area (Å²) in [5, 5.41) is 5.34. The van der Waals surface area contributed by atoms with Crippen LogP contribution in [0.25, 0.3) is 0 Å². The summed E-state index contributed by atoms with van der Waals surface area (Å²) in [5.41, 5.74) is 6.13. The maximum absolute atomic E-state index is 12.9. The van der Waals surface area contributed by atoms with Gasteiger partial charge >= 0.3 is 0 Å². The van der Waals surface area contributed by atoms with Crippen LogP contribution in [0.15, 0.2) is 59.3 Å². The summed E-state index contributed by atoms with van der Waals surface area (Å²) in [7, 11) is 0. The van der Waals surface area contributed by atoms with Crippen molar-refractivity contribution in [3.05, 3.63) is 75.5 Å². The second kappa shape index (κ2) is 8.18. The number of halogens is 2. The molecule has 6 nitrogen and oxygen atoms in total. The highest BCUT2D eigenvalue weighted by atomic mass is 79.9. The number of amides is 2. The minimum Gasteiger partial charge on any atom is -0.325 e. The summed E-state index contributed by atoms with van der Waals surface area (Å²) in [5.74, 6) is -0.336. The van der Waals surface area contributed by atoms with Gasteiger partial charge in [-0.2, -0.15) is 0 Å². The quantitative estimate of drug-likeness (QED) is 0.702. The Morgan fingerprint density at radius 2 is 2.00 bits per heavy atom. The van der Waals surface area contributed by atoms with Gasteiger partial charge in [-0.25, -0.2) is 5.43 Å². The number of hydrogen-bond acceptors (Lipinski definition) is 4. The highest BCUT2D eigenvalue weighted by molar-refractivity contribution is 9.10. The molecule has 2 aromatic rings. The van der Waals surface area contributed by atoms with Gasteiger partial charge < -0.3 is 15.2 Å². The number of benzene rings is 2. The minimum atomic E-state index is -0.344. The van der Waals surface area contributed by atoms with Crippen molar-refractivity contribution in [1.82, 2.24) is 15.3 Å². The SMILES string of the molecule is Cc1cc(NC(=O)CN2C=CN3NC(c4ccc(Cl)cc4)CC3C2=O)ccc1Br. The molecular weight excluding hydrogens is 456 g/mol. The van der Waals surface area contributed by atoms with Gasteiger partial charge in [-0.15, -0.1) is 0 Å². The molecule has 2 unspecified atom stereocenters. The number of anilines is 1. The predicted molar refractivity (Wildman–Crippen MR) is 116 cm³/mol. The molecule has 4 rings (SSSR count). The Morgan fingerprint density at radius 1 is 1.24 bits per heavy atom. The van der Waals surface area contributed by atoms with E-state index in [-0.39, 0.29) is 30.4 Å². The van der Waals surface area contributed by atoms with Crippen molar-refractivity contribution in [2.24, 2.45) is 0 Å². The Morgan fingerprint density at radius 3 is 2.72 bits per heavy atom. The third-order valence-electron chi connectivity index (χ3n) is 5.10. The average molecular weight is 476 g/mol. The summed E-state index contributed by atoms with van der Waals surface area (Å²) in [4.78, 5) is 26.8. The fourth-order valence-corrected chi connectivity index (χ4v) is 3.93. The zero-order valence-corrected chi connectivity index (χ0v) is 18.1. The number of carbonyl (C=O) groups is 2. The van der Waals surface area contributed by atoms with Crippen molar-refractivity contribution in [2.45, 2.75) is 25.4 Å². The first kappa shape index (κ1) is 19.9. The van der Waals surface area contributed by atoms with E-state index in [0.717, 1.165) is 15.6 Å². The van der Waals surface area contributed by atoms with Crippen LogP contribution in [0.2, 0.25) is 5.02 Å². The molecule has 29 heavy (non-hydrogen) atoms. The van der Waals surface area contributed by atoms with Crippen molar-refractivity contribution in [1.29, 1.82) is 0 Å². The third-order valence-corrected chi connectivity index (χ3v) is 6.24. The zero-order valence-electron chi connectivity index (χ0n) is 15.7. The number of aryl methyl sites for hydroxylation is 1. The van der Waals surface area contributed by atoms with E-state index in [1.165, 1.54) is 4.90 Å². The van der Waals surface area contributed by atoms with E-state index in [1.807, 2.05) is 54.4 Å². The number of hydrazine groups is 1. The molecule has 1 saturated heterocycles. The molecule has 2 atom stereocenters. The number of nitrogens with one attached hydrogen (secondary N) is 2. The van der Waals surface area contributed by atoms with Gasteiger partial charge in [-0.1, -0.05) is 39.7 Å². The molecule has 0 radical (unpaired) electrons. The fourth-order valence-electron chi connectivity index (χ4n) is 3.56. The summed E-state index contributed by atoms with van der Waals surface area (Å²) in [6.45, 7) is 1.93. The van der Waals surface area contributed by atoms with E-state index in [4.69, 9.17) is 11.6 Å². The topological polar surface area (TPSA) is 64.7 Å². The van der Waals surface area contributed by atoms with Crippen LogP contribution in [0.3, 0.4) is 0 Å². The van der Waals surface area contributed by atoms with Gasteiger partial charge in [0.15, 0.2) is 0 Å². The molecule has 2 aliphatic heterocycles. The van der Waals surface area contributed by atoms with E-state index < -0.39 is 0 Å². The van der Waals surface area contributed by atoms with E-state index in [1.54, 1.807) is 12.4 Å². The Kier molecular flexibility index (Phi) is 5.63. The standard InChI is InChI=1S/C21H20BrClN4O2/c1-13-10-16(6-7-17(13)22)24-20(28)12-26-8-9-27-19(21(26)29)11-18(25-27)14-2-4-15(23)5-3-14/h2-10,18-19,25H,11-12H2,1H3,(H,24,28). The van der Waals surface area contributed by atoms with E-state index in [9.17, 15) is 9.59 Å². The molecule has 2 heterocycles. The van der Waals surface area contributed by atoms with Crippen LogP contribution in [-0.4, -0.2) is 34.3 Å². The lowest BCUT2D eigenvalue weighted by atomic mass is 10.0. The minimum absolute atomic E-state index is 0.0189. The zero-order chi connectivity index (χ0) is 20.5. The molecule has 2 amide bonds. The monoisotopic (exact) mass is 474 g/mol. The van der Waals surface area contributed by atoms with E-state index in [2.05, 4.69) is 26.7 Å². The van der Waals surface area contributed by atoms with Crippen molar-refractivity contribution in [3.63, 3.8) is 0 Å². The van der Waals surface area contributed by atoms with Crippen LogP contribution in [0.5, 0.6) is 0 Å². The molecule has 0 bridgehead atoms. The van der Waals surface area contributed by atoms with Gasteiger partial charge in [0.2, 0.25) is 5.91 Å². The molecule has 2 aromatic carbocycles. The van der Waals surface area contributed by atoms with Crippen LogP contribution in [0.4, 0.5) is 5.69 Å². The molecule has 0 spiro atoms. The van der Waals surface area contributed by atoms with Gasteiger partial charge in [0, 0.05) is 27.6 Å². The van der Waals surface area contributed by atoms with E-state index in [0.29, 0.717) is 17.1 Å². The Hall–Kier alpha value is -2.35. The van der Waals surface area contributed by atoms with Crippen LogP contribution in [-0.2, 0) is 9.59 Å². The lowest BCUT2D eigenvalue weighted by Crippen LogP contribution is -2.49. The molecule has 2 aliphatic rings. The van der Waals surface area contributed by atoms with Gasteiger partial charge in [0.25, 0.3) is 5.91 Å². The Bertz CT molecular complexity index is 979. The first-order valence-electron chi connectivity index (χ1n) is 9.25. The van der Waals surface area contributed by atoms with Crippen molar-refractivity contribution < 1.29 is 9.59 Å². The average Bonchev–Trinajstić information content (AvgIpc) is 3.13. The summed E-state index contributed by atoms with van der Waals surface area (Å²) >= 11 is 9.40. The first-order valence-corrected chi connectivity index (χ1v) is 10.4. The second-order valence-corrected chi connectivity index (χ2v) is 8.46. The highest BCUT2D eigenvalue weighted by Gasteiger charge is 2.40. The van der Waals surface area contributed by atoms with Crippen LogP contribution < -0.4 is 10.7 Å². The number of carbonyl (C=O) groups excluding carboxylic acids is 2. The number of nitrogens with zero attached hydrogens (tertiary/aromatic N) is 2. The van der Waals surface area contributed by atoms with Crippen molar-refractivity contribution in [3.8, 4) is 0 Å². The molecule has 8 heteroatoms. The van der Waals surface area contributed by atoms with Crippen LogP contribution in [0.1, 0.15) is 23.6 Å². The predicted octanol–water partition coefficient (Wildman–Crippen LogP) is 3.98. The normalized spacial score (nSPS) is 20.7. The van der Waals surface area contributed by atoms with Crippen molar-refractivity contribution >= 4 is 45.0 Å². The summed E-state index contributed by atoms with van der Waals surface area (Å²) < 4.78 is 0.980. The van der Waals surface area contributed by atoms with Gasteiger partial charge in [-0.3, -0.25) is 9.59 Å². The first-order chi connectivity index (χ1) is 13.9. The maximum atomic E-state index is 12.9. The largest absolute Gasteiger partial charge is 0.325 e. The van der Waals surface area contributed by atoms with Gasteiger partial charge in [0.05, 0.1) is 6.04 Å². The van der Waals surface area contributed by atoms with E-state index >= 15 is 0 Å². The molecule has 2 N–H and O–H groups in total. The second-order valence-electron chi connectivity index (χ2n) is 7.17. The highest BCUT2D eigenvalue weighted by Crippen LogP contribution is 2.31. The number of fused-ring (bicyclic) bond motifs is 1. The Labute approximate surface area is 182 Å². The molecule has 1 fully saturated rings. The summed E-state index contributed by atoms with van der Waals surface area (Å²) in [6.07, 6.45) is 4.07. The lowest BCUT2D eigenvalue weighted by molar-refractivity contribution is -0.137. The van der Waals surface area contributed by atoms with Crippen LogP contribution >= 0.6 is 27.5 Å². The van der Waals surface area contributed by atoms with Crippen LogP contribution in [0, 0.1) is 6.92 Å². The smallest absolute Gasteiger partial charge is 0.251 e. The molecule has 0 aromatic heterocycles. The van der Waals surface area contributed by atoms with Crippen molar-refractivity contribution in [2.75, 3.05) is 11.9 Å². The molecular formula is C21H20BrClN4O2. The molecule has 0 aliphatic carbocycles. The molecule has 150 valence electrons. The molecule has 0 saturated carbocycles. The number of hydrogen-bond donors (Lipinski definition) is 2. The lowest BCUT2D eigenvalue weighted by Gasteiger charge is -2.31. The van der Waals surface area contributed by atoms with Gasteiger partial charge in [0.1, 0.15) is 12.6 Å². The third kappa shape index (κ3) is 4.32. The maximum Gasteiger partial charge on any atom is 0.251 e. The summed E-state index contributed by atoms with van der Waals surface area (Å²) in [6, 6.07) is 12.9.